The van der Waals surface area contributed by atoms with Gasteiger partial charge in [-0.15, -0.1) is 0 Å². The third-order valence-corrected chi connectivity index (χ3v) is 3.24. The monoisotopic (exact) mass is 198 g/mol. The van der Waals surface area contributed by atoms with Crippen molar-refractivity contribution >= 4 is 5.97 Å². The van der Waals surface area contributed by atoms with Gasteiger partial charge in [-0.2, -0.15) is 0 Å². The van der Waals surface area contributed by atoms with Crippen LogP contribution in [-0.2, 0) is 9.53 Å². The van der Waals surface area contributed by atoms with Gasteiger partial charge in [-0.3, -0.25) is 9.69 Å². The summed E-state index contributed by atoms with van der Waals surface area (Å²) in [5, 5.41) is 3.41. The summed E-state index contributed by atoms with van der Waals surface area (Å²) in [6.45, 7) is 3.23. The predicted molar refractivity (Wildman–Crippen MR) is 53.0 cm³/mol. The van der Waals surface area contributed by atoms with Crippen LogP contribution in [0.1, 0.15) is 19.3 Å². The molecule has 2 atom stereocenters. The lowest BCUT2D eigenvalue weighted by Gasteiger charge is -2.35. The Kier molecular flexibility index (Phi) is 3.03. The molecular formula is C10H18N2O2. The van der Waals surface area contributed by atoms with Gasteiger partial charge in [0.2, 0.25) is 0 Å². The Hall–Kier alpha value is -0.610. The third-order valence-electron chi connectivity index (χ3n) is 3.24. The molecule has 0 aromatic rings. The summed E-state index contributed by atoms with van der Waals surface area (Å²) in [7, 11) is 1.45. The molecule has 14 heavy (non-hydrogen) atoms. The highest BCUT2D eigenvalue weighted by molar-refractivity contribution is 5.69. The second-order valence-electron chi connectivity index (χ2n) is 4.18. The first-order valence-corrected chi connectivity index (χ1v) is 5.34. The molecule has 2 aliphatic rings. The number of carbonyl (C=O) groups excluding carboxylic acids is 1. The van der Waals surface area contributed by atoms with E-state index in [9.17, 15) is 4.79 Å². The van der Waals surface area contributed by atoms with Crippen LogP contribution in [0.4, 0.5) is 0 Å². The molecule has 0 saturated carbocycles. The van der Waals surface area contributed by atoms with E-state index in [1.54, 1.807) is 0 Å². The van der Waals surface area contributed by atoms with E-state index >= 15 is 0 Å². The van der Waals surface area contributed by atoms with Crippen molar-refractivity contribution in [2.24, 2.45) is 0 Å². The maximum absolute atomic E-state index is 11.1. The van der Waals surface area contributed by atoms with E-state index in [0.29, 0.717) is 12.5 Å². The van der Waals surface area contributed by atoms with Crippen LogP contribution in [0.5, 0.6) is 0 Å². The molecule has 0 aromatic heterocycles. The van der Waals surface area contributed by atoms with Crippen LogP contribution in [0.25, 0.3) is 0 Å². The van der Waals surface area contributed by atoms with E-state index in [1.807, 2.05) is 0 Å². The molecule has 0 aliphatic carbocycles. The lowest BCUT2D eigenvalue weighted by Crippen LogP contribution is -2.54. The fraction of sp³-hybridized carbons (Fsp3) is 0.900. The van der Waals surface area contributed by atoms with Crippen molar-refractivity contribution in [3.63, 3.8) is 0 Å². The molecule has 2 saturated heterocycles. The number of nitrogens with one attached hydrogen (secondary N) is 1. The topological polar surface area (TPSA) is 41.6 Å². The van der Waals surface area contributed by atoms with Gasteiger partial charge in [0.25, 0.3) is 0 Å². The quantitative estimate of drug-likeness (QED) is 0.633. The molecule has 0 radical (unpaired) electrons. The summed E-state index contributed by atoms with van der Waals surface area (Å²) in [6, 6.07) is 1.00. The van der Waals surface area contributed by atoms with Crippen LogP contribution in [0.15, 0.2) is 0 Å². The van der Waals surface area contributed by atoms with Gasteiger partial charge in [-0.05, 0) is 19.4 Å². The number of hydrogen-bond acceptors (Lipinski definition) is 4. The molecule has 2 heterocycles. The van der Waals surface area contributed by atoms with Crippen molar-refractivity contribution in [2.75, 3.05) is 26.7 Å². The van der Waals surface area contributed by atoms with Crippen molar-refractivity contribution < 1.29 is 9.53 Å². The maximum atomic E-state index is 11.1. The van der Waals surface area contributed by atoms with E-state index in [2.05, 4.69) is 15.0 Å². The molecule has 2 aliphatic heterocycles. The van der Waals surface area contributed by atoms with E-state index in [-0.39, 0.29) is 12.0 Å². The van der Waals surface area contributed by atoms with Crippen molar-refractivity contribution in [3.8, 4) is 0 Å². The lowest BCUT2D eigenvalue weighted by molar-refractivity contribution is -0.141. The third kappa shape index (κ3) is 2.07. The van der Waals surface area contributed by atoms with Crippen LogP contribution in [0.2, 0.25) is 0 Å². The Morgan fingerprint density at radius 3 is 3.29 bits per heavy atom. The van der Waals surface area contributed by atoms with Crippen molar-refractivity contribution in [1.29, 1.82) is 0 Å². The van der Waals surface area contributed by atoms with Crippen molar-refractivity contribution in [2.45, 2.75) is 31.3 Å². The molecule has 80 valence electrons. The molecule has 4 nitrogen and oxygen atoms in total. The number of piperazine rings is 1. The molecule has 2 rings (SSSR count). The lowest BCUT2D eigenvalue weighted by atomic mass is 10.1. The second-order valence-corrected chi connectivity index (χ2v) is 4.18. The summed E-state index contributed by atoms with van der Waals surface area (Å²) in [4.78, 5) is 13.6. The minimum absolute atomic E-state index is 0.111. The summed E-state index contributed by atoms with van der Waals surface area (Å²) in [6.07, 6.45) is 3.11. The zero-order chi connectivity index (χ0) is 9.97. The Morgan fingerprint density at radius 2 is 2.50 bits per heavy atom. The fourth-order valence-corrected chi connectivity index (χ4v) is 2.44. The first-order chi connectivity index (χ1) is 6.79. The highest BCUT2D eigenvalue weighted by atomic mass is 16.5. The van der Waals surface area contributed by atoms with Gasteiger partial charge >= 0.3 is 5.97 Å². The van der Waals surface area contributed by atoms with Gasteiger partial charge < -0.3 is 10.1 Å². The molecule has 0 aromatic carbocycles. The molecule has 2 unspecified atom stereocenters. The summed E-state index contributed by atoms with van der Waals surface area (Å²) < 4.78 is 4.67. The van der Waals surface area contributed by atoms with Gasteiger partial charge in [0.1, 0.15) is 0 Å². The van der Waals surface area contributed by atoms with Gasteiger partial charge in [0.05, 0.1) is 13.5 Å². The fourth-order valence-electron chi connectivity index (χ4n) is 2.44. The minimum Gasteiger partial charge on any atom is -0.469 e. The number of rotatable bonds is 2. The van der Waals surface area contributed by atoms with Crippen LogP contribution >= 0.6 is 0 Å². The zero-order valence-corrected chi connectivity index (χ0v) is 8.66. The summed E-state index contributed by atoms with van der Waals surface area (Å²) >= 11 is 0. The van der Waals surface area contributed by atoms with E-state index in [0.717, 1.165) is 13.1 Å². The second kappa shape index (κ2) is 4.28. The number of esters is 1. The van der Waals surface area contributed by atoms with Crippen LogP contribution in [0, 0.1) is 0 Å². The molecule has 0 amide bonds. The number of ether oxygens (including phenoxy) is 1. The first kappa shape index (κ1) is 9.93. The molecule has 1 N–H and O–H groups in total. The standard InChI is InChI=1S/C10H18N2O2/c1-14-10(13)5-8-7-12-4-2-3-9(12)6-11-8/h8-9,11H,2-7H2,1H3. The molecular weight excluding hydrogens is 180 g/mol. The Bertz CT molecular complexity index is 220. The number of carbonyl (C=O) groups is 1. The van der Waals surface area contributed by atoms with Gasteiger partial charge in [-0.1, -0.05) is 0 Å². The molecule has 0 spiro atoms. The van der Waals surface area contributed by atoms with Gasteiger partial charge in [0, 0.05) is 25.2 Å². The molecule has 4 heteroatoms. The normalized spacial score (nSPS) is 32.6. The predicted octanol–water partition coefficient (Wildman–Crippen LogP) is -0.0143. The van der Waals surface area contributed by atoms with Crippen LogP contribution in [-0.4, -0.2) is 49.7 Å². The Labute approximate surface area is 84.6 Å². The van der Waals surface area contributed by atoms with E-state index in [1.165, 1.54) is 26.5 Å². The summed E-state index contributed by atoms with van der Waals surface area (Å²) in [5.41, 5.74) is 0. The zero-order valence-electron chi connectivity index (χ0n) is 8.66. The number of hydrogen-bond donors (Lipinski definition) is 1. The number of nitrogens with zero attached hydrogens (tertiary/aromatic N) is 1. The molecule has 2 fully saturated rings. The highest BCUT2D eigenvalue weighted by Gasteiger charge is 2.31. The van der Waals surface area contributed by atoms with Crippen LogP contribution < -0.4 is 5.32 Å². The SMILES string of the molecule is COC(=O)CC1CN2CCCC2CN1. The average Bonchev–Trinajstić information content (AvgIpc) is 2.64. The number of methoxy groups -OCH3 is 1. The molecule has 0 bridgehead atoms. The van der Waals surface area contributed by atoms with E-state index in [4.69, 9.17) is 0 Å². The summed E-state index contributed by atoms with van der Waals surface area (Å²) in [5.74, 6) is -0.111. The average molecular weight is 198 g/mol. The van der Waals surface area contributed by atoms with Gasteiger partial charge in [-0.25, -0.2) is 0 Å². The largest absolute Gasteiger partial charge is 0.469 e. The van der Waals surface area contributed by atoms with Gasteiger partial charge in [0.15, 0.2) is 0 Å². The van der Waals surface area contributed by atoms with Crippen molar-refractivity contribution in [1.82, 2.24) is 10.2 Å². The van der Waals surface area contributed by atoms with E-state index < -0.39 is 0 Å². The smallest absolute Gasteiger partial charge is 0.307 e. The first-order valence-electron chi connectivity index (χ1n) is 5.34. The van der Waals surface area contributed by atoms with Crippen LogP contribution in [0.3, 0.4) is 0 Å². The number of fused-ring (bicyclic) bond motifs is 1. The maximum Gasteiger partial charge on any atom is 0.307 e. The Balaban J connectivity index is 1.82. The Morgan fingerprint density at radius 1 is 1.64 bits per heavy atom. The van der Waals surface area contributed by atoms with Crippen molar-refractivity contribution in [3.05, 3.63) is 0 Å². The highest BCUT2D eigenvalue weighted by Crippen LogP contribution is 2.20. The minimum atomic E-state index is -0.111.